The van der Waals surface area contributed by atoms with Gasteiger partial charge in [0.25, 0.3) is 5.09 Å². The Morgan fingerprint density at radius 1 is 1.19 bits per heavy atom. The zero-order valence-corrected chi connectivity index (χ0v) is 24.8. The Balaban J connectivity index is 1.22. The number of aliphatic hydroxyl groups excluding tert-OH is 2. The number of nitrogens with zero attached hydrogens (tertiary/aromatic N) is 1. The summed E-state index contributed by atoms with van der Waals surface area (Å²) in [5.41, 5.74) is 3.91. The van der Waals surface area contributed by atoms with Crippen LogP contribution in [0.25, 0.3) is 0 Å². The van der Waals surface area contributed by atoms with Gasteiger partial charge in [-0.3, -0.25) is 4.79 Å². The Bertz CT molecular complexity index is 1330. The van der Waals surface area contributed by atoms with Gasteiger partial charge < -0.3 is 24.5 Å². The third-order valence-corrected chi connectivity index (χ3v) is 8.26. The van der Waals surface area contributed by atoms with Crippen LogP contribution in [0.5, 0.6) is 5.75 Å². The number of fused-ring (bicyclic) bond motifs is 3. The van der Waals surface area contributed by atoms with Crippen molar-refractivity contribution in [3.63, 3.8) is 0 Å². The predicted molar refractivity (Wildman–Crippen MR) is 161 cm³/mol. The van der Waals surface area contributed by atoms with Crippen molar-refractivity contribution in [3.05, 3.63) is 87.0 Å². The molecule has 2 aromatic carbocycles. The standard InChI is InChI=1S/C34H41NO8/c1-3-4-8-23(2)29(36)19-18-27-30(37)21-31-33(27)28-12-5-10-26(34(28)43-31)11-6-13-32(38)41-20-7-9-24-14-16-25(17-15-24)22-42-35(39)40/h5,10,12,14-19,23,27,29-31,33,36-37H,6-9,11,13,20-22H2,1-2H3/b19-18+/t23?,27-,29+,30+,31-,33-/m1/s1. The van der Waals surface area contributed by atoms with Crippen LogP contribution in [0.4, 0.5) is 0 Å². The highest BCUT2D eigenvalue weighted by Crippen LogP contribution is 2.52. The molecule has 2 N–H and O–H groups in total. The summed E-state index contributed by atoms with van der Waals surface area (Å²) in [6.07, 6.45) is 6.65. The maximum absolute atomic E-state index is 12.3. The van der Waals surface area contributed by atoms with Crippen molar-refractivity contribution in [1.29, 1.82) is 0 Å². The lowest BCUT2D eigenvalue weighted by Gasteiger charge is -2.19. The lowest BCUT2D eigenvalue weighted by Crippen LogP contribution is -2.19. The van der Waals surface area contributed by atoms with E-state index < -0.39 is 17.3 Å². The lowest BCUT2D eigenvalue weighted by atomic mass is 9.86. The van der Waals surface area contributed by atoms with Crippen molar-refractivity contribution in [3.8, 4) is 17.6 Å². The molecule has 4 rings (SSSR count). The van der Waals surface area contributed by atoms with Crippen LogP contribution in [0.1, 0.15) is 74.1 Å². The number of carbonyl (C=O) groups is 1. The molecule has 43 heavy (non-hydrogen) atoms. The Labute approximate surface area is 253 Å². The molecule has 230 valence electrons. The van der Waals surface area contributed by atoms with Crippen molar-refractivity contribution in [1.82, 2.24) is 0 Å². The molecule has 0 spiro atoms. The minimum absolute atomic E-state index is 0.00694. The number of rotatable bonds is 15. The monoisotopic (exact) mass is 591 g/mol. The maximum atomic E-state index is 12.3. The average molecular weight is 592 g/mol. The number of ether oxygens (including phenoxy) is 2. The van der Waals surface area contributed by atoms with E-state index in [0.717, 1.165) is 34.4 Å². The maximum Gasteiger partial charge on any atom is 0.305 e. The van der Waals surface area contributed by atoms with E-state index >= 15 is 0 Å². The quantitative estimate of drug-likeness (QED) is 0.0733. The van der Waals surface area contributed by atoms with Gasteiger partial charge in [-0.25, -0.2) is 0 Å². The summed E-state index contributed by atoms with van der Waals surface area (Å²) >= 11 is 0. The van der Waals surface area contributed by atoms with Gasteiger partial charge in [0.15, 0.2) is 0 Å². The van der Waals surface area contributed by atoms with Crippen LogP contribution in [0.2, 0.25) is 0 Å². The summed E-state index contributed by atoms with van der Waals surface area (Å²) in [6, 6.07) is 13.5. The molecule has 1 unspecified atom stereocenters. The number of benzene rings is 2. The van der Waals surface area contributed by atoms with Crippen LogP contribution in [-0.4, -0.2) is 46.2 Å². The third-order valence-electron chi connectivity index (χ3n) is 8.26. The SMILES string of the molecule is CC#CCC(C)[C@@H](O)/C=C/[C@H]1[C@@H]2c3cccc(CCCC(=O)OCCCc4ccc(CO[N+](=O)[O-])cc4)c3O[C@@H]2C[C@@H]1O. The lowest BCUT2D eigenvalue weighted by molar-refractivity contribution is -0.763. The summed E-state index contributed by atoms with van der Waals surface area (Å²) in [5.74, 6) is 6.39. The molecule has 1 aliphatic heterocycles. The molecule has 9 heteroatoms. The van der Waals surface area contributed by atoms with Gasteiger partial charge in [-0.1, -0.05) is 61.5 Å². The highest BCUT2D eigenvalue weighted by molar-refractivity contribution is 5.69. The number of esters is 1. The first-order chi connectivity index (χ1) is 20.8. The van der Waals surface area contributed by atoms with Gasteiger partial charge in [0.05, 0.1) is 18.8 Å². The molecule has 2 aliphatic rings. The van der Waals surface area contributed by atoms with Crippen molar-refractivity contribution >= 4 is 5.97 Å². The van der Waals surface area contributed by atoms with E-state index in [-0.39, 0.29) is 36.4 Å². The van der Waals surface area contributed by atoms with Crippen molar-refractivity contribution in [2.75, 3.05) is 6.61 Å². The second kappa shape index (κ2) is 15.6. The van der Waals surface area contributed by atoms with Crippen LogP contribution < -0.4 is 4.74 Å². The van der Waals surface area contributed by atoms with Gasteiger partial charge in [-0.2, -0.15) is 0 Å². The molecule has 1 saturated carbocycles. The summed E-state index contributed by atoms with van der Waals surface area (Å²) in [5, 5.41) is 30.8. The van der Waals surface area contributed by atoms with E-state index in [1.54, 1.807) is 25.1 Å². The van der Waals surface area contributed by atoms with Crippen molar-refractivity contribution < 1.29 is 34.4 Å². The molecule has 1 aliphatic carbocycles. The number of carbonyl (C=O) groups excluding carboxylic acids is 1. The van der Waals surface area contributed by atoms with Crippen LogP contribution in [-0.2, 0) is 33.8 Å². The fourth-order valence-corrected chi connectivity index (χ4v) is 5.87. The summed E-state index contributed by atoms with van der Waals surface area (Å²) < 4.78 is 11.8. The van der Waals surface area contributed by atoms with Crippen molar-refractivity contribution in [2.24, 2.45) is 11.8 Å². The molecule has 0 amide bonds. The summed E-state index contributed by atoms with van der Waals surface area (Å²) in [7, 11) is 0. The zero-order chi connectivity index (χ0) is 30.8. The Morgan fingerprint density at radius 2 is 1.95 bits per heavy atom. The van der Waals surface area contributed by atoms with Gasteiger partial charge in [-0.15, -0.1) is 22.0 Å². The van der Waals surface area contributed by atoms with E-state index in [0.29, 0.717) is 45.1 Å². The Kier molecular flexibility index (Phi) is 11.6. The molecular formula is C34H41NO8. The highest BCUT2D eigenvalue weighted by Gasteiger charge is 2.48. The molecule has 1 fully saturated rings. The average Bonchev–Trinajstić information content (AvgIpc) is 3.51. The first-order valence-corrected chi connectivity index (χ1v) is 15.0. The predicted octanol–water partition coefficient (Wildman–Crippen LogP) is 5.09. The van der Waals surface area contributed by atoms with E-state index in [2.05, 4.69) is 22.7 Å². The van der Waals surface area contributed by atoms with Crippen LogP contribution >= 0.6 is 0 Å². The summed E-state index contributed by atoms with van der Waals surface area (Å²) in [6.45, 7) is 4.00. The highest BCUT2D eigenvalue weighted by atomic mass is 16.9. The van der Waals surface area contributed by atoms with E-state index in [9.17, 15) is 25.1 Å². The molecular weight excluding hydrogens is 550 g/mol. The second-order valence-corrected chi connectivity index (χ2v) is 11.4. The molecule has 2 aromatic rings. The minimum atomic E-state index is -0.811. The van der Waals surface area contributed by atoms with Gasteiger partial charge in [0.2, 0.25) is 0 Å². The van der Waals surface area contributed by atoms with Crippen molar-refractivity contribution in [2.45, 2.75) is 89.6 Å². The molecule has 1 heterocycles. The smallest absolute Gasteiger partial charge is 0.305 e. The number of hydrogen-bond acceptors (Lipinski definition) is 8. The van der Waals surface area contributed by atoms with Crippen LogP contribution in [0, 0.1) is 33.8 Å². The van der Waals surface area contributed by atoms with E-state index in [4.69, 9.17) is 9.47 Å². The second-order valence-electron chi connectivity index (χ2n) is 11.4. The molecule has 6 atom stereocenters. The first kappa shape index (κ1) is 32.1. The molecule has 0 aromatic heterocycles. The minimum Gasteiger partial charge on any atom is -0.489 e. The normalized spacial score (nSPS) is 21.7. The van der Waals surface area contributed by atoms with E-state index in [1.807, 2.05) is 37.3 Å². The molecule has 0 radical (unpaired) electrons. The largest absolute Gasteiger partial charge is 0.489 e. The van der Waals surface area contributed by atoms with Gasteiger partial charge in [0, 0.05) is 36.7 Å². The fourth-order valence-electron chi connectivity index (χ4n) is 5.87. The Morgan fingerprint density at radius 3 is 2.70 bits per heavy atom. The number of para-hydroxylation sites is 1. The first-order valence-electron chi connectivity index (χ1n) is 15.0. The third kappa shape index (κ3) is 8.82. The van der Waals surface area contributed by atoms with E-state index in [1.165, 1.54) is 0 Å². The topological polar surface area (TPSA) is 128 Å². The number of aryl methyl sites for hydroxylation is 2. The summed E-state index contributed by atoms with van der Waals surface area (Å²) in [4.78, 5) is 27.0. The van der Waals surface area contributed by atoms with Gasteiger partial charge in [-0.05, 0) is 55.2 Å². The Hall–Kier alpha value is -3.87. The molecule has 9 nitrogen and oxygen atoms in total. The molecule has 0 bridgehead atoms. The van der Waals surface area contributed by atoms with Crippen LogP contribution in [0.3, 0.4) is 0 Å². The van der Waals surface area contributed by atoms with Gasteiger partial charge in [0.1, 0.15) is 18.5 Å². The zero-order valence-electron chi connectivity index (χ0n) is 24.8. The van der Waals surface area contributed by atoms with Gasteiger partial charge >= 0.3 is 5.97 Å². The number of hydrogen-bond donors (Lipinski definition) is 2. The number of aliphatic hydroxyl groups is 2. The molecule has 0 saturated heterocycles. The van der Waals surface area contributed by atoms with Crippen LogP contribution in [0.15, 0.2) is 54.6 Å². The fraction of sp³-hybridized carbons (Fsp3) is 0.500.